The molecule has 0 aromatic carbocycles. The minimum Gasteiger partial charge on any atom is -0.326 e. The summed E-state index contributed by atoms with van der Waals surface area (Å²) in [5.74, 6) is 0. The largest absolute Gasteiger partial charge is 0.326 e. The summed E-state index contributed by atoms with van der Waals surface area (Å²) in [6.07, 6.45) is 2.84. The van der Waals surface area contributed by atoms with Crippen molar-refractivity contribution >= 4 is 0 Å². The highest BCUT2D eigenvalue weighted by Crippen LogP contribution is 2.11. The Bertz CT molecular complexity index is 243. The third-order valence-electron chi connectivity index (χ3n) is 1.94. The lowest BCUT2D eigenvalue weighted by Gasteiger charge is -2.06. The second-order valence-corrected chi connectivity index (χ2v) is 2.59. The molecule has 0 spiro atoms. The number of aryl methyl sites for hydroxylation is 1. The lowest BCUT2D eigenvalue weighted by atomic mass is 10.1. The average Bonchev–Trinajstić information content (AvgIpc) is 2.04. The van der Waals surface area contributed by atoms with Crippen molar-refractivity contribution in [2.75, 3.05) is 0 Å². The summed E-state index contributed by atoms with van der Waals surface area (Å²) in [5, 5.41) is 0. The van der Waals surface area contributed by atoms with E-state index in [9.17, 15) is 0 Å². The molecule has 11 heavy (non-hydrogen) atoms. The van der Waals surface area contributed by atoms with Gasteiger partial charge in [-0.1, -0.05) is 6.92 Å². The van der Waals surface area contributed by atoms with E-state index >= 15 is 0 Å². The maximum absolute atomic E-state index is 5.57. The summed E-state index contributed by atoms with van der Waals surface area (Å²) < 4.78 is 0. The van der Waals surface area contributed by atoms with Gasteiger partial charge in [0.05, 0.1) is 0 Å². The molecule has 0 amide bonds. The Morgan fingerprint density at radius 2 is 2.27 bits per heavy atom. The molecule has 0 aliphatic heterocycles. The molecule has 0 bridgehead atoms. The molecule has 0 fully saturated rings. The van der Waals surface area contributed by atoms with Crippen molar-refractivity contribution in [1.29, 1.82) is 0 Å². The Balaban J connectivity index is 3.13. The summed E-state index contributed by atoms with van der Waals surface area (Å²) in [6, 6.07) is 1.99. The standard InChI is InChI=1S/C9H14N2/c1-3-9-7(2)11-5-4-8(9)6-10/h4-5H,3,6,10H2,1-2H3. The zero-order valence-electron chi connectivity index (χ0n) is 7.09. The van der Waals surface area contributed by atoms with Crippen LogP contribution in [0.3, 0.4) is 0 Å². The summed E-state index contributed by atoms with van der Waals surface area (Å²) in [5.41, 5.74) is 9.20. The molecule has 0 atom stereocenters. The predicted molar refractivity (Wildman–Crippen MR) is 46.2 cm³/mol. The fourth-order valence-electron chi connectivity index (χ4n) is 1.32. The number of hydrogen-bond acceptors (Lipinski definition) is 2. The Kier molecular flexibility index (Phi) is 2.60. The number of rotatable bonds is 2. The van der Waals surface area contributed by atoms with Gasteiger partial charge in [0.15, 0.2) is 0 Å². The van der Waals surface area contributed by atoms with Crippen LogP contribution in [0.1, 0.15) is 23.7 Å². The first-order chi connectivity index (χ1) is 5.29. The van der Waals surface area contributed by atoms with Gasteiger partial charge >= 0.3 is 0 Å². The second kappa shape index (κ2) is 3.49. The highest BCUT2D eigenvalue weighted by molar-refractivity contribution is 5.28. The molecular formula is C9H14N2. The first-order valence-electron chi connectivity index (χ1n) is 3.93. The SMILES string of the molecule is CCc1c(CN)ccnc1C. The predicted octanol–water partition coefficient (Wildman–Crippen LogP) is 1.41. The lowest BCUT2D eigenvalue weighted by molar-refractivity contribution is 0.957. The molecule has 1 heterocycles. The third-order valence-corrected chi connectivity index (χ3v) is 1.94. The van der Waals surface area contributed by atoms with E-state index in [-0.39, 0.29) is 0 Å². The van der Waals surface area contributed by atoms with Crippen molar-refractivity contribution in [3.8, 4) is 0 Å². The van der Waals surface area contributed by atoms with Crippen molar-refractivity contribution in [1.82, 2.24) is 4.98 Å². The molecular weight excluding hydrogens is 136 g/mol. The second-order valence-electron chi connectivity index (χ2n) is 2.59. The highest BCUT2D eigenvalue weighted by atomic mass is 14.7. The number of aromatic nitrogens is 1. The fourth-order valence-corrected chi connectivity index (χ4v) is 1.32. The Labute approximate surface area is 67.5 Å². The van der Waals surface area contributed by atoms with Crippen LogP contribution in [0.5, 0.6) is 0 Å². The van der Waals surface area contributed by atoms with E-state index in [1.165, 1.54) is 11.1 Å². The van der Waals surface area contributed by atoms with E-state index in [0.29, 0.717) is 6.54 Å². The van der Waals surface area contributed by atoms with Crippen LogP contribution in [0.25, 0.3) is 0 Å². The van der Waals surface area contributed by atoms with Crippen LogP contribution >= 0.6 is 0 Å². The third kappa shape index (κ3) is 1.57. The molecule has 0 aliphatic carbocycles. The molecule has 0 unspecified atom stereocenters. The van der Waals surface area contributed by atoms with Gasteiger partial charge in [-0.3, -0.25) is 4.98 Å². The minimum absolute atomic E-state index is 0.618. The van der Waals surface area contributed by atoms with Crippen LogP contribution in [-0.2, 0) is 13.0 Å². The number of hydrogen-bond donors (Lipinski definition) is 1. The molecule has 2 N–H and O–H groups in total. The van der Waals surface area contributed by atoms with Gasteiger partial charge in [0.25, 0.3) is 0 Å². The summed E-state index contributed by atoms with van der Waals surface area (Å²) in [7, 11) is 0. The van der Waals surface area contributed by atoms with Crippen LogP contribution in [0.15, 0.2) is 12.3 Å². The number of nitrogens with two attached hydrogens (primary N) is 1. The molecule has 1 rings (SSSR count). The van der Waals surface area contributed by atoms with Crippen molar-refractivity contribution in [2.24, 2.45) is 5.73 Å². The quantitative estimate of drug-likeness (QED) is 0.692. The number of pyridine rings is 1. The molecule has 0 radical (unpaired) electrons. The topological polar surface area (TPSA) is 38.9 Å². The molecule has 2 heteroatoms. The van der Waals surface area contributed by atoms with Gasteiger partial charge in [0.2, 0.25) is 0 Å². The van der Waals surface area contributed by atoms with Crippen LogP contribution in [0, 0.1) is 6.92 Å². The summed E-state index contributed by atoms with van der Waals surface area (Å²) in [6.45, 7) is 4.77. The zero-order chi connectivity index (χ0) is 8.27. The van der Waals surface area contributed by atoms with Crippen molar-refractivity contribution in [3.05, 3.63) is 29.1 Å². The Morgan fingerprint density at radius 3 is 2.73 bits per heavy atom. The lowest BCUT2D eigenvalue weighted by Crippen LogP contribution is -2.03. The minimum atomic E-state index is 0.618. The highest BCUT2D eigenvalue weighted by Gasteiger charge is 2.01. The maximum Gasteiger partial charge on any atom is 0.0407 e. The molecule has 1 aromatic rings. The molecule has 0 saturated carbocycles. The maximum atomic E-state index is 5.57. The Hall–Kier alpha value is -0.890. The fraction of sp³-hybridized carbons (Fsp3) is 0.444. The van der Waals surface area contributed by atoms with Crippen molar-refractivity contribution in [3.63, 3.8) is 0 Å². The van der Waals surface area contributed by atoms with E-state index in [1.54, 1.807) is 0 Å². The van der Waals surface area contributed by atoms with Gasteiger partial charge in [-0.2, -0.15) is 0 Å². The van der Waals surface area contributed by atoms with Gasteiger partial charge < -0.3 is 5.73 Å². The molecule has 60 valence electrons. The smallest absolute Gasteiger partial charge is 0.0407 e. The van der Waals surface area contributed by atoms with Gasteiger partial charge in [0.1, 0.15) is 0 Å². The summed E-state index contributed by atoms with van der Waals surface area (Å²) >= 11 is 0. The number of nitrogens with zero attached hydrogens (tertiary/aromatic N) is 1. The van der Waals surface area contributed by atoms with Crippen LogP contribution in [-0.4, -0.2) is 4.98 Å². The van der Waals surface area contributed by atoms with Crippen LogP contribution in [0.4, 0.5) is 0 Å². The monoisotopic (exact) mass is 150 g/mol. The molecule has 0 aliphatic rings. The first-order valence-corrected chi connectivity index (χ1v) is 3.93. The average molecular weight is 150 g/mol. The van der Waals surface area contributed by atoms with Gasteiger partial charge in [0, 0.05) is 18.4 Å². The van der Waals surface area contributed by atoms with Crippen molar-refractivity contribution in [2.45, 2.75) is 26.8 Å². The normalized spacial score (nSPS) is 10.1. The van der Waals surface area contributed by atoms with E-state index in [2.05, 4.69) is 11.9 Å². The zero-order valence-corrected chi connectivity index (χ0v) is 7.09. The van der Waals surface area contributed by atoms with Crippen molar-refractivity contribution < 1.29 is 0 Å². The van der Waals surface area contributed by atoms with E-state index in [4.69, 9.17) is 5.73 Å². The molecule has 1 aromatic heterocycles. The van der Waals surface area contributed by atoms with E-state index in [1.807, 2.05) is 19.2 Å². The summed E-state index contributed by atoms with van der Waals surface area (Å²) in [4.78, 5) is 4.20. The molecule has 0 saturated heterocycles. The molecule has 2 nitrogen and oxygen atoms in total. The van der Waals surface area contributed by atoms with Gasteiger partial charge in [-0.25, -0.2) is 0 Å². The van der Waals surface area contributed by atoms with E-state index < -0.39 is 0 Å². The van der Waals surface area contributed by atoms with Crippen LogP contribution in [0.2, 0.25) is 0 Å². The van der Waals surface area contributed by atoms with Gasteiger partial charge in [-0.15, -0.1) is 0 Å². The van der Waals surface area contributed by atoms with Gasteiger partial charge in [-0.05, 0) is 30.5 Å². The first kappa shape index (κ1) is 8.21. The Morgan fingerprint density at radius 1 is 1.55 bits per heavy atom. The van der Waals surface area contributed by atoms with Crippen LogP contribution < -0.4 is 5.73 Å². The van der Waals surface area contributed by atoms with E-state index in [0.717, 1.165) is 12.1 Å².